The summed E-state index contributed by atoms with van der Waals surface area (Å²) < 4.78 is 30.6. The molecule has 1 aliphatic rings. The molecule has 6 nitrogen and oxygen atoms in total. The Morgan fingerprint density at radius 2 is 1.72 bits per heavy atom. The molecular weight excluding hydrogens is 390 g/mol. The van der Waals surface area contributed by atoms with Gasteiger partial charge in [0.15, 0.2) is 6.61 Å². The Bertz CT molecular complexity index is 1100. The smallest absolute Gasteiger partial charge is 0.338 e. The molecule has 2 aromatic rings. The highest BCUT2D eigenvalue weighted by atomic mass is 32.2. The topological polar surface area (TPSA) is 80.8 Å². The summed E-state index contributed by atoms with van der Waals surface area (Å²) in [6.45, 7) is 7.25. The second-order valence-corrected chi connectivity index (χ2v) is 9.57. The maximum Gasteiger partial charge on any atom is 0.338 e. The highest BCUT2D eigenvalue weighted by molar-refractivity contribution is 7.92. The van der Waals surface area contributed by atoms with Crippen LogP contribution in [0.15, 0.2) is 30.3 Å². The number of hydrogen-bond acceptors (Lipinski definition) is 5. The molecule has 0 radical (unpaired) electrons. The van der Waals surface area contributed by atoms with Gasteiger partial charge in [0.05, 0.1) is 17.5 Å². The van der Waals surface area contributed by atoms with E-state index in [0.29, 0.717) is 23.2 Å². The van der Waals surface area contributed by atoms with Crippen molar-refractivity contribution >= 4 is 27.5 Å². The number of hydrogen-bond donors (Lipinski definition) is 0. The van der Waals surface area contributed by atoms with E-state index in [1.54, 1.807) is 12.1 Å². The molecule has 0 N–H and O–H groups in total. The van der Waals surface area contributed by atoms with Crippen LogP contribution in [0, 0.1) is 20.8 Å². The van der Waals surface area contributed by atoms with Gasteiger partial charge in [0.2, 0.25) is 15.8 Å². The molecule has 0 aliphatic carbocycles. The molecule has 1 aliphatic heterocycles. The summed E-state index contributed by atoms with van der Waals surface area (Å²) in [6.07, 6.45) is 1.69. The zero-order valence-electron chi connectivity index (χ0n) is 17.3. The summed E-state index contributed by atoms with van der Waals surface area (Å²) in [7, 11) is -3.39. The molecule has 0 aromatic heterocycles. The minimum absolute atomic E-state index is 0.208. The van der Waals surface area contributed by atoms with E-state index in [0.717, 1.165) is 22.3 Å². The fourth-order valence-electron chi connectivity index (χ4n) is 3.79. The van der Waals surface area contributed by atoms with Crippen molar-refractivity contribution in [3.05, 3.63) is 63.7 Å². The molecule has 0 bridgehead atoms. The lowest BCUT2D eigenvalue weighted by atomic mass is 9.98. The Kier molecular flexibility index (Phi) is 5.54. The zero-order chi connectivity index (χ0) is 21.5. The lowest BCUT2D eigenvalue weighted by Crippen LogP contribution is -2.34. The number of Topliss-reactive ketones (excluding diaryl/α,β-unsaturated/α-hetero) is 1. The van der Waals surface area contributed by atoms with Crippen LogP contribution in [-0.4, -0.2) is 39.1 Å². The van der Waals surface area contributed by atoms with Crippen molar-refractivity contribution in [1.82, 2.24) is 0 Å². The molecule has 3 rings (SSSR count). The number of esters is 1. The lowest BCUT2D eigenvalue weighted by Gasteiger charge is -2.21. The van der Waals surface area contributed by atoms with E-state index in [4.69, 9.17) is 4.74 Å². The van der Waals surface area contributed by atoms with Gasteiger partial charge in [0, 0.05) is 11.6 Å². The van der Waals surface area contributed by atoms with Crippen LogP contribution in [0.2, 0.25) is 0 Å². The van der Waals surface area contributed by atoms with Crippen molar-refractivity contribution in [1.29, 1.82) is 0 Å². The summed E-state index contributed by atoms with van der Waals surface area (Å²) in [5, 5.41) is 0. The fraction of sp³-hybridized carbons (Fsp3) is 0.364. The van der Waals surface area contributed by atoms with Gasteiger partial charge in [0.25, 0.3) is 0 Å². The van der Waals surface area contributed by atoms with E-state index >= 15 is 0 Å². The zero-order valence-corrected chi connectivity index (χ0v) is 18.1. The van der Waals surface area contributed by atoms with Crippen molar-refractivity contribution in [2.45, 2.75) is 40.2 Å². The standard InChI is InChI=1S/C22H25NO5S/c1-13-8-15(3)19(9-14(13)2)21(24)12-28-22(25)17-6-7-20-18(11-17)10-16(4)23(20)29(5,26)27/h6-9,11,16H,10,12H2,1-5H3/t16-/m0/s1. The third-order valence-corrected chi connectivity index (χ3v) is 6.57. The monoisotopic (exact) mass is 415 g/mol. The minimum Gasteiger partial charge on any atom is -0.454 e. The van der Waals surface area contributed by atoms with Gasteiger partial charge in [0.1, 0.15) is 0 Å². The second-order valence-electron chi connectivity index (χ2n) is 7.71. The third kappa shape index (κ3) is 4.19. The van der Waals surface area contributed by atoms with Gasteiger partial charge in [-0.2, -0.15) is 0 Å². The van der Waals surface area contributed by atoms with Gasteiger partial charge < -0.3 is 4.74 Å². The average Bonchev–Trinajstić information content (AvgIpc) is 2.97. The van der Waals surface area contributed by atoms with E-state index in [-0.39, 0.29) is 18.4 Å². The van der Waals surface area contributed by atoms with Crippen LogP contribution < -0.4 is 4.31 Å². The number of aryl methyl sites for hydroxylation is 3. The summed E-state index contributed by atoms with van der Waals surface area (Å²) in [5.41, 5.74) is 5.16. The Balaban J connectivity index is 1.74. The van der Waals surface area contributed by atoms with E-state index < -0.39 is 16.0 Å². The van der Waals surface area contributed by atoms with Crippen LogP contribution in [0.25, 0.3) is 0 Å². The van der Waals surface area contributed by atoms with Crippen molar-refractivity contribution < 1.29 is 22.7 Å². The Hall–Kier alpha value is -2.67. The predicted octanol–water partition coefficient (Wildman–Crippen LogP) is 3.36. The average molecular weight is 416 g/mol. The number of fused-ring (bicyclic) bond motifs is 1. The van der Waals surface area contributed by atoms with Gasteiger partial charge in [-0.3, -0.25) is 9.10 Å². The highest BCUT2D eigenvalue weighted by Crippen LogP contribution is 2.34. The fourth-order valence-corrected chi connectivity index (χ4v) is 5.05. The van der Waals surface area contributed by atoms with Crippen molar-refractivity contribution in [2.75, 3.05) is 17.2 Å². The Morgan fingerprint density at radius 1 is 1.07 bits per heavy atom. The number of sulfonamides is 1. The van der Waals surface area contributed by atoms with E-state index in [1.165, 1.54) is 16.6 Å². The van der Waals surface area contributed by atoms with Crippen molar-refractivity contribution in [2.24, 2.45) is 0 Å². The summed E-state index contributed by atoms with van der Waals surface area (Å²) in [5.74, 6) is -0.856. The molecule has 0 fully saturated rings. The van der Waals surface area contributed by atoms with Crippen LogP contribution in [0.5, 0.6) is 0 Å². The van der Waals surface area contributed by atoms with E-state index in [2.05, 4.69) is 0 Å². The Labute approximate surface area is 171 Å². The number of ether oxygens (including phenoxy) is 1. The Morgan fingerprint density at radius 3 is 2.38 bits per heavy atom. The summed E-state index contributed by atoms with van der Waals surface area (Å²) in [6, 6.07) is 8.34. The van der Waals surface area contributed by atoms with E-state index in [9.17, 15) is 18.0 Å². The molecule has 29 heavy (non-hydrogen) atoms. The molecule has 0 amide bonds. The van der Waals surface area contributed by atoms with Gasteiger partial charge >= 0.3 is 5.97 Å². The molecule has 0 saturated carbocycles. The molecule has 0 spiro atoms. The number of carbonyl (C=O) groups is 2. The van der Waals surface area contributed by atoms with Gasteiger partial charge in [-0.15, -0.1) is 0 Å². The number of benzene rings is 2. The predicted molar refractivity (Wildman–Crippen MR) is 112 cm³/mol. The van der Waals surface area contributed by atoms with Gasteiger partial charge in [-0.25, -0.2) is 13.2 Å². The first-order valence-corrected chi connectivity index (χ1v) is 11.2. The van der Waals surface area contributed by atoms with Gasteiger partial charge in [-0.05, 0) is 80.6 Å². The number of anilines is 1. The van der Waals surface area contributed by atoms with Crippen LogP contribution >= 0.6 is 0 Å². The molecule has 1 heterocycles. The lowest BCUT2D eigenvalue weighted by molar-refractivity contribution is 0.0474. The number of rotatable bonds is 5. The number of ketones is 1. The van der Waals surface area contributed by atoms with E-state index in [1.807, 2.05) is 39.8 Å². The largest absolute Gasteiger partial charge is 0.454 e. The van der Waals surface area contributed by atoms with Crippen molar-refractivity contribution in [3.63, 3.8) is 0 Å². The van der Waals surface area contributed by atoms with Crippen LogP contribution in [-0.2, 0) is 21.2 Å². The van der Waals surface area contributed by atoms with Crippen LogP contribution in [0.4, 0.5) is 5.69 Å². The number of nitrogens with zero attached hydrogens (tertiary/aromatic N) is 1. The van der Waals surface area contributed by atoms with Crippen LogP contribution in [0.1, 0.15) is 49.9 Å². The number of carbonyl (C=O) groups excluding carboxylic acids is 2. The molecule has 154 valence electrons. The first kappa shape index (κ1) is 21.0. The second kappa shape index (κ2) is 7.63. The molecule has 0 saturated heterocycles. The minimum atomic E-state index is -3.39. The molecule has 7 heteroatoms. The summed E-state index contributed by atoms with van der Waals surface area (Å²) in [4.78, 5) is 24.9. The molecule has 1 atom stereocenters. The normalized spacial score (nSPS) is 15.9. The third-order valence-electron chi connectivity index (χ3n) is 5.30. The quantitative estimate of drug-likeness (QED) is 0.553. The molecule has 2 aromatic carbocycles. The SMILES string of the molecule is Cc1cc(C)c(C(=O)COC(=O)c2ccc3c(c2)C[C@H](C)N3S(C)(=O)=O)cc1C. The molecular formula is C22H25NO5S. The van der Waals surface area contributed by atoms with Gasteiger partial charge in [-0.1, -0.05) is 6.07 Å². The maximum absolute atomic E-state index is 12.5. The first-order chi connectivity index (χ1) is 13.5. The molecule has 0 unspecified atom stereocenters. The first-order valence-electron chi connectivity index (χ1n) is 9.39. The summed E-state index contributed by atoms with van der Waals surface area (Å²) >= 11 is 0. The maximum atomic E-state index is 12.5. The van der Waals surface area contributed by atoms with Crippen LogP contribution in [0.3, 0.4) is 0 Å². The van der Waals surface area contributed by atoms with Crippen molar-refractivity contribution in [3.8, 4) is 0 Å². The highest BCUT2D eigenvalue weighted by Gasteiger charge is 2.33.